The van der Waals surface area contributed by atoms with E-state index in [4.69, 9.17) is 0 Å². The van der Waals surface area contributed by atoms with Crippen molar-refractivity contribution in [2.75, 3.05) is 26.2 Å². The summed E-state index contributed by atoms with van der Waals surface area (Å²) in [5.41, 5.74) is 1.50. The number of piperazine rings is 1. The number of halogens is 3. The van der Waals surface area contributed by atoms with Gasteiger partial charge in [0.05, 0.1) is 22.6 Å². The number of benzene rings is 1. The summed E-state index contributed by atoms with van der Waals surface area (Å²) in [5, 5.41) is 4.29. The van der Waals surface area contributed by atoms with E-state index in [1.807, 2.05) is 13.8 Å². The summed E-state index contributed by atoms with van der Waals surface area (Å²) in [5.74, 6) is -0.134. The first-order chi connectivity index (χ1) is 13.9. The highest BCUT2D eigenvalue weighted by Crippen LogP contribution is 2.31. The second kappa shape index (κ2) is 8.03. The molecule has 1 aliphatic heterocycles. The van der Waals surface area contributed by atoms with Crippen molar-refractivity contribution in [1.29, 1.82) is 0 Å². The lowest BCUT2D eigenvalue weighted by atomic mass is 10.1. The molecule has 3 rings (SSSR count). The van der Waals surface area contributed by atoms with Gasteiger partial charge >= 0.3 is 6.18 Å². The van der Waals surface area contributed by atoms with Gasteiger partial charge in [0.2, 0.25) is 15.9 Å². The molecule has 0 unspecified atom stereocenters. The summed E-state index contributed by atoms with van der Waals surface area (Å²) in [6, 6.07) is 3.70. The third kappa shape index (κ3) is 4.36. The minimum absolute atomic E-state index is 0.0231. The van der Waals surface area contributed by atoms with Gasteiger partial charge in [-0.1, -0.05) is 6.07 Å². The van der Waals surface area contributed by atoms with Gasteiger partial charge in [-0.05, 0) is 32.0 Å². The molecule has 1 aromatic heterocycles. The van der Waals surface area contributed by atoms with E-state index in [0.717, 1.165) is 39.5 Å². The summed E-state index contributed by atoms with van der Waals surface area (Å²) >= 11 is 0. The number of aryl methyl sites for hydroxylation is 2. The van der Waals surface area contributed by atoms with Crippen molar-refractivity contribution in [2.24, 2.45) is 7.05 Å². The van der Waals surface area contributed by atoms with Crippen LogP contribution in [0.5, 0.6) is 0 Å². The second-order valence-corrected chi connectivity index (χ2v) is 9.20. The van der Waals surface area contributed by atoms with Crippen LogP contribution in [-0.2, 0) is 34.5 Å². The summed E-state index contributed by atoms with van der Waals surface area (Å²) in [7, 11) is -2.28. The highest BCUT2D eigenvalue weighted by Gasteiger charge is 2.34. The normalized spacial score (nSPS) is 16.1. The van der Waals surface area contributed by atoms with Crippen molar-refractivity contribution in [3.05, 3.63) is 46.8 Å². The molecule has 1 aliphatic rings. The molecule has 2 heterocycles. The fourth-order valence-corrected chi connectivity index (χ4v) is 4.96. The minimum atomic E-state index is -4.63. The van der Waals surface area contributed by atoms with Crippen LogP contribution in [0.3, 0.4) is 0 Å². The monoisotopic (exact) mass is 444 g/mol. The predicted molar refractivity (Wildman–Crippen MR) is 103 cm³/mol. The van der Waals surface area contributed by atoms with Crippen molar-refractivity contribution in [3.8, 4) is 0 Å². The molecule has 0 aliphatic carbocycles. The van der Waals surface area contributed by atoms with Gasteiger partial charge in [-0.15, -0.1) is 0 Å². The van der Waals surface area contributed by atoms with Crippen LogP contribution < -0.4 is 0 Å². The molecule has 0 radical (unpaired) electrons. The van der Waals surface area contributed by atoms with Gasteiger partial charge in [0.25, 0.3) is 0 Å². The molecule has 30 heavy (non-hydrogen) atoms. The summed E-state index contributed by atoms with van der Waals surface area (Å²) in [6.45, 7) is 4.10. The molecule has 11 heteroatoms. The smallest absolute Gasteiger partial charge is 0.340 e. The highest BCUT2D eigenvalue weighted by molar-refractivity contribution is 7.89. The lowest BCUT2D eigenvalue weighted by molar-refractivity contribution is -0.137. The van der Waals surface area contributed by atoms with Gasteiger partial charge in [-0.2, -0.15) is 22.6 Å². The van der Waals surface area contributed by atoms with Crippen LogP contribution >= 0.6 is 0 Å². The molecule has 1 amide bonds. The van der Waals surface area contributed by atoms with Crippen LogP contribution in [0.25, 0.3) is 0 Å². The standard InChI is InChI=1S/C19H23F3N4O3S/c1-13-17(14(2)24(3)23-13)12-18(27)25-7-9-26(10-8-25)30(28,29)16-6-4-5-15(11-16)19(20,21)22/h4-6,11H,7-10,12H2,1-3H3. The van der Waals surface area contributed by atoms with E-state index in [1.165, 1.54) is 0 Å². The molecule has 1 fully saturated rings. The first kappa shape index (κ1) is 22.3. The molecule has 0 atom stereocenters. The number of carbonyl (C=O) groups excluding carboxylic acids is 1. The molecule has 1 aromatic carbocycles. The number of nitrogens with zero attached hydrogens (tertiary/aromatic N) is 4. The van der Waals surface area contributed by atoms with Crippen molar-refractivity contribution in [2.45, 2.75) is 31.3 Å². The second-order valence-electron chi connectivity index (χ2n) is 7.26. The van der Waals surface area contributed by atoms with Crippen LogP contribution in [-0.4, -0.2) is 59.5 Å². The maximum absolute atomic E-state index is 12.9. The molecule has 0 saturated carbocycles. The quantitative estimate of drug-likeness (QED) is 0.724. The Hall–Kier alpha value is -2.40. The highest BCUT2D eigenvalue weighted by atomic mass is 32.2. The van der Waals surface area contributed by atoms with Crippen molar-refractivity contribution in [1.82, 2.24) is 19.0 Å². The van der Waals surface area contributed by atoms with E-state index in [0.29, 0.717) is 6.07 Å². The zero-order valence-corrected chi connectivity index (χ0v) is 17.7. The lowest BCUT2D eigenvalue weighted by Gasteiger charge is -2.34. The Kier molecular flexibility index (Phi) is 5.96. The Morgan fingerprint density at radius 3 is 2.30 bits per heavy atom. The molecule has 7 nitrogen and oxygen atoms in total. The van der Waals surface area contributed by atoms with Gasteiger partial charge in [-0.25, -0.2) is 8.42 Å². The topological polar surface area (TPSA) is 75.5 Å². The van der Waals surface area contributed by atoms with E-state index in [-0.39, 0.29) is 38.5 Å². The summed E-state index contributed by atoms with van der Waals surface area (Å²) in [6.07, 6.45) is -4.45. The fourth-order valence-electron chi connectivity index (χ4n) is 3.50. The van der Waals surface area contributed by atoms with Crippen molar-refractivity contribution >= 4 is 15.9 Å². The molecule has 164 valence electrons. The molecule has 0 N–H and O–H groups in total. The molecule has 0 spiro atoms. The number of carbonyl (C=O) groups is 1. The van der Waals surface area contributed by atoms with E-state index < -0.39 is 26.7 Å². The number of alkyl halides is 3. The zero-order chi connectivity index (χ0) is 22.3. The summed E-state index contributed by atoms with van der Waals surface area (Å²) < 4.78 is 67.1. The Bertz CT molecular complexity index is 1060. The molecular formula is C19H23F3N4O3S. The number of hydrogen-bond donors (Lipinski definition) is 0. The van der Waals surface area contributed by atoms with Gasteiger partial charge in [0.15, 0.2) is 0 Å². The Balaban J connectivity index is 1.68. The SMILES string of the molecule is Cc1nn(C)c(C)c1CC(=O)N1CCN(S(=O)(=O)c2cccc(C(F)(F)F)c2)CC1. The Morgan fingerprint density at radius 1 is 1.13 bits per heavy atom. The van der Waals surface area contributed by atoms with Gasteiger partial charge in [-0.3, -0.25) is 9.48 Å². The fraction of sp³-hybridized carbons (Fsp3) is 0.474. The zero-order valence-electron chi connectivity index (χ0n) is 16.9. The van der Waals surface area contributed by atoms with Crippen LogP contribution in [0.15, 0.2) is 29.2 Å². The average molecular weight is 444 g/mol. The van der Waals surface area contributed by atoms with Crippen molar-refractivity contribution < 1.29 is 26.4 Å². The van der Waals surface area contributed by atoms with E-state index in [2.05, 4.69) is 5.10 Å². The molecule has 0 bridgehead atoms. The Morgan fingerprint density at radius 2 is 1.77 bits per heavy atom. The first-order valence-corrected chi connectivity index (χ1v) is 10.8. The molecule has 2 aromatic rings. The van der Waals surface area contributed by atoms with Crippen LogP contribution in [0, 0.1) is 13.8 Å². The van der Waals surface area contributed by atoms with Gasteiger partial charge in [0, 0.05) is 44.5 Å². The van der Waals surface area contributed by atoms with E-state index in [1.54, 1.807) is 16.6 Å². The third-order valence-corrected chi connectivity index (χ3v) is 7.27. The van der Waals surface area contributed by atoms with Gasteiger partial charge < -0.3 is 4.90 Å². The third-order valence-electron chi connectivity index (χ3n) is 5.38. The summed E-state index contributed by atoms with van der Waals surface area (Å²) in [4.78, 5) is 13.8. The lowest BCUT2D eigenvalue weighted by Crippen LogP contribution is -2.50. The van der Waals surface area contributed by atoms with Crippen LogP contribution in [0.4, 0.5) is 13.2 Å². The first-order valence-electron chi connectivity index (χ1n) is 9.35. The number of hydrogen-bond acceptors (Lipinski definition) is 4. The van der Waals surface area contributed by atoms with Crippen LogP contribution in [0.1, 0.15) is 22.5 Å². The average Bonchev–Trinajstić information content (AvgIpc) is 2.93. The van der Waals surface area contributed by atoms with Crippen molar-refractivity contribution in [3.63, 3.8) is 0 Å². The maximum Gasteiger partial charge on any atom is 0.416 e. The number of rotatable bonds is 4. The van der Waals surface area contributed by atoms with Gasteiger partial charge in [0.1, 0.15) is 0 Å². The molecular weight excluding hydrogens is 421 g/mol. The Labute approximate surface area is 173 Å². The molecule has 1 saturated heterocycles. The largest absolute Gasteiger partial charge is 0.416 e. The number of amides is 1. The number of aromatic nitrogens is 2. The van der Waals surface area contributed by atoms with E-state index >= 15 is 0 Å². The van der Waals surface area contributed by atoms with E-state index in [9.17, 15) is 26.4 Å². The van der Waals surface area contributed by atoms with Crippen LogP contribution in [0.2, 0.25) is 0 Å². The predicted octanol–water partition coefficient (Wildman–Crippen LogP) is 2.13. The minimum Gasteiger partial charge on any atom is -0.340 e. The number of sulfonamides is 1. The maximum atomic E-state index is 12.9.